The van der Waals surface area contributed by atoms with Crippen LogP contribution in [-0.4, -0.2) is 17.3 Å². The maximum Gasteiger partial charge on any atom is 0.145 e. The van der Waals surface area contributed by atoms with Crippen LogP contribution in [0.25, 0.3) is 11.3 Å². The van der Waals surface area contributed by atoms with E-state index in [1.807, 2.05) is 12.1 Å². The van der Waals surface area contributed by atoms with Crippen LogP contribution in [-0.2, 0) is 6.42 Å². The van der Waals surface area contributed by atoms with E-state index in [0.29, 0.717) is 10.8 Å². The van der Waals surface area contributed by atoms with Gasteiger partial charge in [0, 0.05) is 11.6 Å². The molecule has 2 rings (SSSR count). The van der Waals surface area contributed by atoms with E-state index in [9.17, 15) is 0 Å². The first kappa shape index (κ1) is 11.8. The summed E-state index contributed by atoms with van der Waals surface area (Å²) in [5.74, 6) is 1.19. The zero-order valence-corrected chi connectivity index (χ0v) is 10.5. The summed E-state index contributed by atoms with van der Waals surface area (Å²) >= 11 is 6.18. The molecule has 3 N–H and O–H groups in total. The summed E-state index contributed by atoms with van der Waals surface area (Å²) in [6.07, 6.45) is 0.848. The Labute approximate surface area is 105 Å². The number of methoxy groups -OCH3 is 1. The largest absolute Gasteiger partial charge is 0.495 e. The molecule has 0 aliphatic carbocycles. The van der Waals surface area contributed by atoms with E-state index >= 15 is 0 Å². The molecule has 17 heavy (non-hydrogen) atoms. The molecule has 0 bridgehead atoms. The number of anilines is 1. The molecule has 5 heteroatoms. The number of benzene rings is 1. The Balaban J connectivity index is 2.53. The molecule has 0 fully saturated rings. The lowest BCUT2D eigenvalue weighted by molar-refractivity contribution is 0.410. The fraction of sp³-hybridized carbons (Fsp3) is 0.250. The van der Waals surface area contributed by atoms with E-state index in [0.717, 1.165) is 29.0 Å². The SMILES string of the molecule is CCc1cc(-c2cc(N)n[nH]2)cc(Cl)c1OC. The summed E-state index contributed by atoms with van der Waals surface area (Å²) in [7, 11) is 1.62. The zero-order chi connectivity index (χ0) is 12.4. The Morgan fingerprint density at radius 2 is 2.18 bits per heavy atom. The highest BCUT2D eigenvalue weighted by molar-refractivity contribution is 6.32. The summed E-state index contributed by atoms with van der Waals surface area (Å²) in [4.78, 5) is 0. The number of aromatic nitrogens is 2. The fourth-order valence-electron chi connectivity index (χ4n) is 1.78. The number of hydrogen-bond donors (Lipinski definition) is 2. The van der Waals surface area contributed by atoms with Crippen molar-refractivity contribution in [2.24, 2.45) is 0 Å². The van der Waals surface area contributed by atoms with Gasteiger partial charge in [-0.3, -0.25) is 5.10 Å². The number of ether oxygens (including phenoxy) is 1. The quantitative estimate of drug-likeness (QED) is 0.882. The van der Waals surface area contributed by atoms with Crippen molar-refractivity contribution >= 4 is 17.4 Å². The van der Waals surface area contributed by atoms with Gasteiger partial charge in [-0.15, -0.1) is 0 Å². The van der Waals surface area contributed by atoms with Crippen molar-refractivity contribution in [3.8, 4) is 17.0 Å². The Morgan fingerprint density at radius 1 is 1.41 bits per heavy atom. The lowest BCUT2D eigenvalue weighted by atomic mass is 10.1. The Morgan fingerprint density at radius 3 is 2.71 bits per heavy atom. The van der Waals surface area contributed by atoms with Gasteiger partial charge in [-0.2, -0.15) is 5.10 Å². The predicted octanol–water partition coefficient (Wildman–Crippen LogP) is 2.88. The van der Waals surface area contributed by atoms with Gasteiger partial charge in [0.2, 0.25) is 0 Å². The van der Waals surface area contributed by atoms with E-state index in [1.54, 1.807) is 13.2 Å². The van der Waals surface area contributed by atoms with Gasteiger partial charge in [0.15, 0.2) is 0 Å². The number of H-pyrrole nitrogens is 1. The third kappa shape index (κ3) is 2.22. The zero-order valence-electron chi connectivity index (χ0n) is 9.75. The number of aryl methyl sites for hydroxylation is 1. The highest BCUT2D eigenvalue weighted by Crippen LogP contribution is 2.34. The molecule has 90 valence electrons. The average Bonchev–Trinajstić information content (AvgIpc) is 2.74. The molecule has 4 nitrogen and oxygen atoms in total. The number of hydrogen-bond acceptors (Lipinski definition) is 3. The second-order valence-corrected chi connectivity index (χ2v) is 4.12. The molecule has 0 atom stereocenters. The summed E-state index contributed by atoms with van der Waals surface area (Å²) in [6, 6.07) is 5.64. The smallest absolute Gasteiger partial charge is 0.145 e. The molecule has 0 spiro atoms. The Kier molecular flexibility index (Phi) is 3.24. The fourth-order valence-corrected chi connectivity index (χ4v) is 2.10. The first-order valence-electron chi connectivity index (χ1n) is 5.33. The molecule has 0 aliphatic heterocycles. The van der Waals surface area contributed by atoms with E-state index in [4.69, 9.17) is 22.1 Å². The molecule has 1 heterocycles. The number of rotatable bonds is 3. The Hall–Kier alpha value is -1.68. The maximum atomic E-state index is 6.18. The van der Waals surface area contributed by atoms with E-state index in [-0.39, 0.29) is 0 Å². The van der Waals surface area contributed by atoms with Crippen LogP contribution >= 0.6 is 11.6 Å². The molecule has 0 saturated carbocycles. The van der Waals surface area contributed by atoms with Crippen LogP contribution < -0.4 is 10.5 Å². The van der Waals surface area contributed by atoms with Crippen molar-refractivity contribution in [3.05, 3.63) is 28.8 Å². The van der Waals surface area contributed by atoms with Crippen molar-refractivity contribution in [1.29, 1.82) is 0 Å². The minimum absolute atomic E-state index is 0.463. The molecular weight excluding hydrogens is 238 g/mol. The van der Waals surface area contributed by atoms with Crippen LogP contribution in [0.1, 0.15) is 12.5 Å². The van der Waals surface area contributed by atoms with Gasteiger partial charge in [0.05, 0.1) is 17.8 Å². The lowest BCUT2D eigenvalue weighted by Crippen LogP contribution is -1.93. The first-order chi connectivity index (χ1) is 8.15. The number of nitrogens with two attached hydrogens (primary N) is 1. The van der Waals surface area contributed by atoms with Crippen molar-refractivity contribution in [2.75, 3.05) is 12.8 Å². The predicted molar refractivity (Wildman–Crippen MR) is 69.4 cm³/mol. The molecule has 0 radical (unpaired) electrons. The van der Waals surface area contributed by atoms with Crippen molar-refractivity contribution in [3.63, 3.8) is 0 Å². The summed E-state index contributed by atoms with van der Waals surface area (Å²) < 4.78 is 5.28. The number of nitrogen functional groups attached to an aromatic ring is 1. The van der Waals surface area contributed by atoms with Crippen LogP contribution in [0.5, 0.6) is 5.75 Å². The topological polar surface area (TPSA) is 63.9 Å². The van der Waals surface area contributed by atoms with E-state index in [1.165, 1.54) is 0 Å². The van der Waals surface area contributed by atoms with Gasteiger partial charge in [0.25, 0.3) is 0 Å². The molecule has 1 aromatic carbocycles. The standard InChI is InChI=1S/C12H14ClN3O/c1-3-7-4-8(5-9(13)12(7)17-2)10-6-11(14)16-15-10/h4-6H,3H2,1-2H3,(H3,14,15,16). The number of halogens is 1. The van der Waals surface area contributed by atoms with Gasteiger partial charge in [-0.25, -0.2) is 0 Å². The van der Waals surface area contributed by atoms with Crippen LogP contribution in [0.2, 0.25) is 5.02 Å². The molecule has 1 aromatic heterocycles. The summed E-state index contributed by atoms with van der Waals surface area (Å²) in [6.45, 7) is 2.05. The van der Waals surface area contributed by atoms with Gasteiger partial charge in [0.1, 0.15) is 11.6 Å². The summed E-state index contributed by atoms with van der Waals surface area (Å²) in [5, 5.41) is 7.36. The monoisotopic (exact) mass is 251 g/mol. The van der Waals surface area contributed by atoms with Gasteiger partial charge in [-0.1, -0.05) is 18.5 Å². The molecule has 0 amide bonds. The minimum atomic E-state index is 0.463. The van der Waals surface area contributed by atoms with E-state index < -0.39 is 0 Å². The lowest BCUT2D eigenvalue weighted by Gasteiger charge is -2.10. The van der Waals surface area contributed by atoms with Crippen LogP contribution in [0.3, 0.4) is 0 Å². The third-order valence-electron chi connectivity index (χ3n) is 2.61. The highest BCUT2D eigenvalue weighted by atomic mass is 35.5. The number of nitrogens with one attached hydrogen (secondary N) is 1. The third-order valence-corrected chi connectivity index (χ3v) is 2.89. The number of aromatic amines is 1. The molecule has 0 saturated heterocycles. The molecule has 2 aromatic rings. The number of nitrogens with zero attached hydrogens (tertiary/aromatic N) is 1. The van der Waals surface area contributed by atoms with Gasteiger partial charge in [-0.05, 0) is 24.1 Å². The molecule has 0 unspecified atom stereocenters. The second-order valence-electron chi connectivity index (χ2n) is 3.71. The van der Waals surface area contributed by atoms with Crippen molar-refractivity contribution in [1.82, 2.24) is 10.2 Å². The Bertz CT molecular complexity index is 537. The normalized spacial score (nSPS) is 10.5. The molecule has 0 aliphatic rings. The van der Waals surface area contributed by atoms with Crippen molar-refractivity contribution in [2.45, 2.75) is 13.3 Å². The first-order valence-corrected chi connectivity index (χ1v) is 5.71. The van der Waals surface area contributed by atoms with Gasteiger partial charge < -0.3 is 10.5 Å². The van der Waals surface area contributed by atoms with Crippen LogP contribution in [0, 0.1) is 0 Å². The van der Waals surface area contributed by atoms with Crippen LogP contribution in [0.4, 0.5) is 5.82 Å². The van der Waals surface area contributed by atoms with E-state index in [2.05, 4.69) is 17.1 Å². The highest BCUT2D eigenvalue weighted by Gasteiger charge is 2.11. The van der Waals surface area contributed by atoms with Gasteiger partial charge >= 0.3 is 0 Å². The minimum Gasteiger partial charge on any atom is -0.495 e. The maximum absolute atomic E-state index is 6.18. The summed E-state index contributed by atoms with van der Waals surface area (Å²) in [5.41, 5.74) is 8.44. The molecular formula is C12H14ClN3O. The van der Waals surface area contributed by atoms with Crippen LogP contribution in [0.15, 0.2) is 18.2 Å². The van der Waals surface area contributed by atoms with Crippen molar-refractivity contribution < 1.29 is 4.74 Å². The second kappa shape index (κ2) is 4.67. The average molecular weight is 252 g/mol.